The van der Waals surface area contributed by atoms with Gasteiger partial charge in [-0.15, -0.1) is 0 Å². The van der Waals surface area contributed by atoms with E-state index < -0.39 is 16.7 Å². The van der Waals surface area contributed by atoms with E-state index in [2.05, 4.69) is 46.9 Å². The average Bonchev–Trinajstić information content (AvgIpc) is 3.41. The summed E-state index contributed by atoms with van der Waals surface area (Å²) >= 11 is 0. The van der Waals surface area contributed by atoms with Gasteiger partial charge in [-0.2, -0.15) is 5.10 Å². The van der Waals surface area contributed by atoms with E-state index in [1.165, 1.54) is 18.3 Å². The minimum Gasteiger partial charge on any atom is -0.484 e. The minimum absolute atomic E-state index is 0.140. The number of nitrogens with one attached hydrogen (secondary N) is 1. The van der Waals surface area contributed by atoms with Gasteiger partial charge < -0.3 is 9.15 Å². The molecule has 1 N–H and O–H groups in total. The Kier molecular flexibility index (Phi) is 6.90. The van der Waals surface area contributed by atoms with E-state index in [9.17, 15) is 14.9 Å². The van der Waals surface area contributed by atoms with E-state index in [0.717, 1.165) is 38.9 Å². The summed E-state index contributed by atoms with van der Waals surface area (Å²) in [6.07, 6.45) is 1.17. The van der Waals surface area contributed by atoms with Crippen LogP contribution >= 0.6 is 0 Å². The lowest BCUT2D eigenvalue weighted by Crippen LogP contribution is -2.24. The minimum atomic E-state index is -0.659. The molecule has 9 nitrogen and oxygen atoms in total. The van der Waals surface area contributed by atoms with E-state index in [1.54, 1.807) is 12.1 Å². The van der Waals surface area contributed by atoms with Crippen molar-refractivity contribution < 1.29 is 18.9 Å². The number of rotatable bonds is 8. The first-order chi connectivity index (χ1) is 18.5. The van der Waals surface area contributed by atoms with Crippen LogP contribution in [-0.4, -0.2) is 28.6 Å². The Bertz CT molecular complexity index is 1640. The van der Waals surface area contributed by atoms with Crippen molar-refractivity contribution in [1.82, 2.24) is 10.4 Å². The Balaban J connectivity index is 1.27. The summed E-state index contributed by atoms with van der Waals surface area (Å²) < 4.78 is 10.5. The van der Waals surface area contributed by atoms with Crippen molar-refractivity contribution in [3.05, 3.63) is 112 Å². The lowest BCUT2D eigenvalue weighted by molar-refractivity contribution is -0.402. The Labute approximate surface area is 217 Å². The summed E-state index contributed by atoms with van der Waals surface area (Å²) in [7, 11) is 0. The summed E-state index contributed by atoms with van der Waals surface area (Å²) in [4.78, 5) is 26.9. The molecule has 9 heteroatoms. The molecule has 5 rings (SSSR count). The van der Waals surface area contributed by atoms with Crippen molar-refractivity contribution in [3.63, 3.8) is 0 Å². The molecule has 0 atom stereocenters. The number of hydrogen-bond acceptors (Lipinski definition) is 7. The van der Waals surface area contributed by atoms with Gasteiger partial charge in [0, 0.05) is 10.9 Å². The maximum atomic E-state index is 12.0. The molecule has 3 aromatic carbocycles. The third kappa shape index (κ3) is 5.57. The third-order valence-corrected chi connectivity index (χ3v) is 5.74. The van der Waals surface area contributed by atoms with Gasteiger partial charge in [-0.1, -0.05) is 42.5 Å². The van der Waals surface area contributed by atoms with Crippen LogP contribution in [0.2, 0.25) is 0 Å². The number of benzene rings is 3. The topological polar surface area (TPSA) is 120 Å². The quantitative estimate of drug-likeness (QED) is 0.159. The molecule has 0 spiro atoms. The van der Waals surface area contributed by atoms with Gasteiger partial charge in [0.05, 0.1) is 23.5 Å². The molecular formula is C29H22N4O5. The number of nitro groups is 1. The summed E-state index contributed by atoms with van der Waals surface area (Å²) in [6, 6.07) is 28.5. The number of pyridine rings is 1. The first-order valence-electron chi connectivity index (χ1n) is 11.7. The van der Waals surface area contributed by atoms with Gasteiger partial charge in [0.1, 0.15) is 10.7 Å². The monoisotopic (exact) mass is 506 g/mol. The number of nitrogens with zero attached hydrogens (tertiary/aromatic N) is 3. The number of furan rings is 1. The number of amides is 1. The van der Waals surface area contributed by atoms with Crippen molar-refractivity contribution in [2.75, 3.05) is 6.61 Å². The predicted octanol–water partition coefficient (Wildman–Crippen LogP) is 5.91. The fourth-order valence-electron chi connectivity index (χ4n) is 3.92. The largest absolute Gasteiger partial charge is 0.484 e. The second-order valence-electron chi connectivity index (χ2n) is 8.48. The Hall–Kier alpha value is -5.31. The highest BCUT2D eigenvalue weighted by Crippen LogP contribution is 2.33. The standard InChI is InChI=1S/C29H22N4O5/c1-19-7-13-24-25(20-5-3-2-4-6-20)16-26(31-27(24)15-19)21-8-10-22(11-9-21)37-18-28(34)32-30-17-23-12-14-29(38-23)33(35)36/h2-17H,18H2,1H3,(H,32,34). The number of hydrogen-bond donors (Lipinski definition) is 1. The highest BCUT2D eigenvalue weighted by molar-refractivity contribution is 5.97. The zero-order valence-electron chi connectivity index (χ0n) is 20.3. The molecule has 0 saturated carbocycles. The fourth-order valence-corrected chi connectivity index (χ4v) is 3.92. The SMILES string of the molecule is Cc1ccc2c(-c3ccccc3)cc(-c3ccc(OCC(=O)NN=Cc4ccc([N+](=O)[O-])o4)cc3)nc2c1. The van der Waals surface area contributed by atoms with Crippen LogP contribution in [0.4, 0.5) is 5.88 Å². The van der Waals surface area contributed by atoms with E-state index >= 15 is 0 Å². The molecule has 188 valence electrons. The molecule has 38 heavy (non-hydrogen) atoms. The zero-order chi connectivity index (χ0) is 26.5. The van der Waals surface area contributed by atoms with Gasteiger partial charge in [0.15, 0.2) is 12.4 Å². The second-order valence-corrected chi connectivity index (χ2v) is 8.48. The maximum Gasteiger partial charge on any atom is 0.433 e. The third-order valence-electron chi connectivity index (χ3n) is 5.74. The van der Waals surface area contributed by atoms with Gasteiger partial charge in [0.2, 0.25) is 0 Å². The Morgan fingerprint density at radius 2 is 1.82 bits per heavy atom. The number of aromatic nitrogens is 1. The molecule has 0 saturated heterocycles. The van der Waals surface area contributed by atoms with Crippen LogP contribution in [0, 0.1) is 17.0 Å². The first kappa shape index (κ1) is 24.4. The van der Waals surface area contributed by atoms with Gasteiger partial charge in [-0.3, -0.25) is 14.9 Å². The van der Waals surface area contributed by atoms with Crippen LogP contribution in [0.15, 0.2) is 101 Å². The van der Waals surface area contributed by atoms with Crippen LogP contribution in [0.3, 0.4) is 0 Å². The molecule has 0 aliphatic carbocycles. The normalized spacial score (nSPS) is 11.1. The lowest BCUT2D eigenvalue weighted by atomic mass is 9.97. The van der Waals surface area contributed by atoms with Crippen LogP contribution in [0.1, 0.15) is 11.3 Å². The van der Waals surface area contributed by atoms with Crippen LogP contribution < -0.4 is 10.2 Å². The van der Waals surface area contributed by atoms with Gasteiger partial charge in [-0.25, -0.2) is 10.4 Å². The van der Waals surface area contributed by atoms with Gasteiger partial charge >= 0.3 is 5.88 Å². The van der Waals surface area contributed by atoms with Crippen molar-refractivity contribution in [2.45, 2.75) is 6.92 Å². The van der Waals surface area contributed by atoms with E-state index in [4.69, 9.17) is 14.1 Å². The van der Waals surface area contributed by atoms with Crippen molar-refractivity contribution in [2.24, 2.45) is 5.10 Å². The molecule has 0 aliphatic heterocycles. The second kappa shape index (κ2) is 10.8. The smallest absolute Gasteiger partial charge is 0.433 e. The highest BCUT2D eigenvalue weighted by atomic mass is 16.6. The Morgan fingerprint density at radius 1 is 1.03 bits per heavy atom. The summed E-state index contributed by atoms with van der Waals surface area (Å²) in [6.45, 7) is 1.79. The Morgan fingerprint density at radius 3 is 2.55 bits per heavy atom. The van der Waals surface area contributed by atoms with E-state index in [0.29, 0.717) is 5.75 Å². The van der Waals surface area contributed by atoms with Crippen molar-refractivity contribution in [3.8, 4) is 28.1 Å². The number of fused-ring (bicyclic) bond motifs is 1. The van der Waals surface area contributed by atoms with Crippen molar-refractivity contribution >= 4 is 28.9 Å². The van der Waals surface area contributed by atoms with Crippen LogP contribution in [-0.2, 0) is 4.79 Å². The molecule has 0 radical (unpaired) electrons. The van der Waals surface area contributed by atoms with Crippen molar-refractivity contribution in [1.29, 1.82) is 0 Å². The summed E-state index contributed by atoms with van der Waals surface area (Å²) in [5.74, 6) is -0.254. The summed E-state index contributed by atoms with van der Waals surface area (Å²) in [5, 5.41) is 15.4. The van der Waals surface area contributed by atoms with Gasteiger partial charge in [0.25, 0.3) is 5.91 Å². The van der Waals surface area contributed by atoms with Gasteiger partial charge in [-0.05, 0) is 66.1 Å². The molecule has 0 aliphatic rings. The highest BCUT2D eigenvalue weighted by Gasteiger charge is 2.12. The number of carbonyl (C=O) groups is 1. The first-order valence-corrected chi connectivity index (χ1v) is 11.7. The predicted molar refractivity (Wildman–Crippen MR) is 144 cm³/mol. The average molecular weight is 507 g/mol. The number of aryl methyl sites for hydroxylation is 1. The zero-order valence-corrected chi connectivity index (χ0v) is 20.3. The molecule has 5 aromatic rings. The van der Waals surface area contributed by atoms with Crippen LogP contribution in [0.25, 0.3) is 33.3 Å². The number of ether oxygens (including phenoxy) is 1. The number of carbonyl (C=O) groups excluding carboxylic acids is 1. The van der Waals surface area contributed by atoms with E-state index in [-0.39, 0.29) is 12.4 Å². The molecule has 1 amide bonds. The summed E-state index contributed by atoms with van der Waals surface area (Å²) in [5.41, 5.74) is 8.31. The van der Waals surface area contributed by atoms with Crippen LogP contribution in [0.5, 0.6) is 5.75 Å². The molecule has 0 bridgehead atoms. The molecular weight excluding hydrogens is 484 g/mol. The number of hydrazone groups is 1. The van der Waals surface area contributed by atoms with E-state index in [1.807, 2.05) is 37.3 Å². The molecule has 2 heterocycles. The maximum absolute atomic E-state index is 12.0. The fraction of sp³-hybridized carbons (Fsp3) is 0.0690. The molecule has 2 aromatic heterocycles. The lowest BCUT2D eigenvalue weighted by Gasteiger charge is -2.12. The molecule has 0 unspecified atom stereocenters. The molecule has 0 fully saturated rings.